The number of urea groups is 1. The Labute approximate surface area is 118 Å². The second-order valence-corrected chi connectivity index (χ2v) is 4.15. The first-order chi connectivity index (χ1) is 9.65. The molecule has 9 heteroatoms. The monoisotopic (exact) mass is 305 g/mol. The fraction of sp³-hybridized carbons (Fsp3) is 0.333. The molecule has 0 radical (unpaired) electrons. The Hall–Kier alpha value is -2.29. The molecular formula is C12H14F3N3O3. The number of ether oxygens (including phenoxy) is 1. The molecule has 0 aromatic heterocycles. The molecule has 3 amide bonds. The van der Waals surface area contributed by atoms with Gasteiger partial charge >= 0.3 is 12.2 Å². The van der Waals surface area contributed by atoms with Crippen molar-refractivity contribution in [1.29, 1.82) is 0 Å². The summed E-state index contributed by atoms with van der Waals surface area (Å²) in [5, 5.41) is 1.72. The summed E-state index contributed by atoms with van der Waals surface area (Å²) >= 11 is 0. The number of hydrogen-bond donors (Lipinski definition) is 3. The van der Waals surface area contributed by atoms with E-state index in [0.717, 1.165) is 12.1 Å². The highest BCUT2D eigenvalue weighted by Gasteiger charge is 2.35. The average Bonchev–Trinajstić information content (AvgIpc) is 2.37. The van der Waals surface area contributed by atoms with Crippen molar-refractivity contribution >= 4 is 11.9 Å². The number of imide groups is 1. The van der Waals surface area contributed by atoms with Crippen molar-refractivity contribution in [3.8, 4) is 5.75 Å². The molecule has 1 unspecified atom stereocenters. The van der Waals surface area contributed by atoms with E-state index in [9.17, 15) is 22.8 Å². The molecule has 0 aliphatic heterocycles. The van der Waals surface area contributed by atoms with Gasteiger partial charge in [0, 0.05) is 6.54 Å². The van der Waals surface area contributed by atoms with Gasteiger partial charge in [-0.05, 0) is 24.6 Å². The molecule has 0 saturated carbocycles. The lowest BCUT2D eigenvalue weighted by Crippen LogP contribution is -2.42. The van der Waals surface area contributed by atoms with Crippen LogP contribution in [0, 0.1) is 0 Å². The van der Waals surface area contributed by atoms with E-state index in [4.69, 9.17) is 16.2 Å². The normalized spacial score (nSPS) is 12.6. The molecule has 5 N–H and O–H groups in total. The first-order valence-corrected chi connectivity index (χ1v) is 5.82. The summed E-state index contributed by atoms with van der Waals surface area (Å²) in [6, 6.07) is 2.14. The number of carbonyl (C=O) groups excluding carboxylic acids is 2. The number of amides is 3. The van der Waals surface area contributed by atoms with Crippen molar-refractivity contribution in [3.63, 3.8) is 0 Å². The molecule has 1 rings (SSSR count). The third-order valence-corrected chi connectivity index (χ3v) is 2.50. The van der Waals surface area contributed by atoms with Gasteiger partial charge in [0.2, 0.25) is 0 Å². The maximum absolute atomic E-state index is 12.9. The Morgan fingerprint density at radius 2 is 2.00 bits per heavy atom. The Balaban J connectivity index is 3.02. The number of alkyl halides is 3. The van der Waals surface area contributed by atoms with Gasteiger partial charge in [0.1, 0.15) is 5.75 Å². The molecule has 0 aliphatic carbocycles. The molecular weight excluding hydrogens is 291 g/mol. The summed E-state index contributed by atoms with van der Waals surface area (Å²) < 4.78 is 43.7. The quantitative estimate of drug-likeness (QED) is 0.775. The lowest BCUT2D eigenvalue weighted by molar-refractivity contribution is -0.140. The van der Waals surface area contributed by atoms with Crippen LogP contribution in [0.2, 0.25) is 0 Å². The van der Waals surface area contributed by atoms with E-state index >= 15 is 0 Å². The Kier molecular flexibility index (Phi) is 5.14. The molecule has 116 valence electrons. The minimum Gasteiger partial charge on any atom is -0.480 e. The first-order valence-electron chi connectivity index (χ1n) is 5.82. The van der Waals surface area contributed by atoms with Crippen LogP contribution in [0.1, 0.15) is 18.1 Å². The van der Waals surface area contributed by atoms with Gasteiger partial charge in [0.15, 0.2) is 6.10 Å². The summed E-state index contributed by atoms with van der Waals surface area (Å²) in [4.78, 5) is 21.9. The van der Waals surface area contributed by atoms with E-state index in [-0.39, 0.29) is 12.1 Å². The van der Waals surface area contributed by atoms with Crippen LogP contribution >= 0.6 is 0 Å². The third kappa shape index (κ3) is 4.63. The van der Waals surface area contributed by atoms with Gasteiger partial charge < -0.3 is 16.2 Å². The van der Waals surface area contributed by atoms with Crippen LogP contribution in [0.4, 0.5) is 18.0 Å². The number of halogens is 3. The summed E-state index contributed by atoms with van der Waals surface area (Å²) in [6.45, 7) is 1.12. The minimum atomic E-state index is -4.67. The Bertz CT molecular complexity index is 546. The highest BCUT2D eigenvalue weighted by molar-refractivity contribution is 5.95. The predicted molar refractivity (Wildman–Crippen MR) is 67.2 cm³/mol. The first kappa shape index (κ1) is 16.8. The fourth-order valence-corrected chi connectivity index (χ4v) is 1.50. The Morgan fingerprint density at radius 1 is 1.38 bits per heavy atom. The SMILES string of the molecule is CC(Oc1ccc(CN)cc1C(F)(F)F)C(=O)NC(N)=O. The zero-order valence-corrected chi connectivity index (χ0v) is 11.0. The predicted octanol–water partition coefficient (Wildman–Crippen LogP) is 1.13. The number of rotatable bonds is 4. The van der Waals surface area contributed by atoms with Crippen molar-refractivity contribution in [2.75, 3.05) is 0 Å². The topological polar surface area (TPSA) is 107 Å². The second kappa shape index (κ2) is 6.44. The maximum Gasteiger partial charge on any atom is 0.419 e. The maximum atomic E-state index is 12.9. The molecule has 21 heavy (non-hydrogen) atoms. The van der Waals surface area contributed by atoms with Crippen molar-refractivity contribution in [2.24, 2.45) is 11.5 Å². The number of primary amides is 1. The van der Waals surface area contributed by atoms with E-state index in [1.54, 1.807) is 5.32 Å². The van der Waals surface area contributed by atoms with E-state index in [1.165, 1.54) is 13.0 Å². The standard InChI is InChI=1S/C12H14F3N3O3/c1-6(10(19)18-11(17)20)21-9-3-2-7(5-16)4-8(9)12(13,14)15/h2-4,6H,5,16H2,1H3,(H3,17,18,19,20). The summed E-state index contributed by atoms with van der Waals surface area (Å²) in [5.41, 5.74) is 9.25. The molecule has 1 aromatic carbocycles. The third-order valence-electron chi connectivity index (χ3n) is 2.50. The van der Waals surface area contributed by atoms with E-state index < -0.39 is 35.5 Å². The lowest BCUT2D eigenvalue weighted by atomic mass is 10.1. The number of carbonyl (C=O) groups is 2. The van der Waals surface area contributed by atoms with Crippen molar-refractivity contribution < 1.29 is 27.5 Å². The zero-order valence-electron chi connectivity index (χ0n) is 11.0. The van der Waals surface area contributed by atoms with Crippen molar-refractivity contribution in [1.82, 2.24) is 5.32 Å². The zero-order chi connectivity index (χ0) is 16.2. The van der Waals surface area contributed by atoms with E-state index in [2.05, 4.69) is 0 Å². The van der Waals surface area contributed by atoms with Crippen LogP contribution < -0.4 is 21.5 Å². The van der Waals surface area contributed by atoms with Gasteiger partial charge in [-0.3, -0.25) is 10.1 Å². The van der Waals surface area contributed by atoms with Gasteiger partial charge in [-0.25, -0.2) is 4.79 Å². The molecule has 0 saturated heterocycles. The van der Waals surface area contributed by atoms with Crippen LogP contribution in [-0.2, 0) is 17.5 Å². The second-order valence-electron chi connectivity index (χ2n) is 4.15. The lowest BCUT2D eigenvalue weighted by Gasteiger charge is -2.18. The van der Waals surface area contributed by atoms with Crippen LogP contribution in [0.15, 0.2) is 18.2 Å². The number of benzene rings is 1. The molecule has 0 heterocycles. The fourth-order valence-electron chi connectivity index (χ4n) is 1.50. The Morgan fingerprint density at radius 3 is 2.48 bits per heavy atom. The van der Waals surface area contributed by atoms with Gasteiger partial charge in [-0.1, -0.05) is 6.07 Å². The minimum absolute atomic E-state index is 0.0684. The molecule has 0 bridgehead atoms. The summed E-state index contributed by atoms with van der Waals surface area (Å²) in [7, 11) is 0. The largest absolute Gasteiger partial charge is 0.480 e. The van der Waals surface area contributed by atoms with Crippen LogP contribution in [0.3, 0.4) is 0 Å². The van der Waals surface area contributed by atoms with Gasteiger partial charge in [0.05, 0.1) is 5.56 Å². The van der Waals surface area contributed by atoms with Gasteiger partial charge in [-0.2, -0.15) is 13.2 Å². The highest BCUT2D eigenvalue weighted by atomic mass is 19.4. The molecule has 1 atom stereocenters. The molecule has 0 aliphatic rings. The molecule has 1 aromatic rings. The van der Waals surface area contributed by atoms with Crippen LogP contribution in [0.25, 0.3) is 0 Å². The van der Waals surface area contributed by atoms with E-state index in [1.807, 2.05) is 0 Å². The summed E-state index contributed by atoms with van der Waals surface area (Å²) in [5.74, 6) is -1.48. The average molecular weight is 305 g/mol. The highest BCUT2D eigenvalue weighted by Crippen LogP contribution is 2.37. The smallest absolute Gasteiger partial charge is 0.419 e. The van der Waals surface area contributed by atoms with Crippen molar-refractivity contribution in [2.45, 2.75) is 25.7 Å². The molecule has 0 fully saturated rings. The van der Waals surface area contributed by atoms with Gasteiger partial charge in [0.25, 0.3) is 5.91 Å². The molecule has 6 nitrogen and oxygen atoms in total. The van der Waals surface area contributed by atoms with Gasteiger partial charge in [-0.15, -0.1) is 0 Å². The number of nitrogens with two attached hydrogens (primary N) is 2. The molecule has 0 spiro atoms. The number of nitrogens with one attached hydrogen (secondary N) is 1. The van der Waals surface area contributed by atoms with Crippen LogP contribution in [-0.4, -0.2) is 18.0 Å². The van der Waals surface area contributed by atoms with E-state index in [0.29, 0.717) is 0 Å². The number of hydrogen-bond acceptors (Lipinski definition) is 4. The summed E-state index contributed by atoms with van der Waals surface area (Å²) in [6.07, 6.45) is -6.00. The van der Waals surface area contributed by atoms with Crippen molar-refractivity contribution in [3.05, 3.63) is 29.3 Å². The van der Waals surface area contributed by atoms with Crippen LogP contribution in [0.5, 0.6) is 5.75 Å².